The number of rotatable bonds is 13. The van der Waals surface area contributed by atoms with E-state index in [1.54, 1.807) is 37.0 Å². The van der Waals surface area contributed by atoms with Crippen molar-refractivity contribution in [3.63, 3.8) is 0 Å². The van der Waals surface area contributed by atoms with E-state index in [2.05, 4.69) is 11.0 Å². The number of halogens is 1. The Morgan fingerprint density at radius 3 is 2.62 bits per heavy atom. The molecule has 0 radical (unpaired) electrons. The average Bonchev–Trinajstić information content (AvgIpc) is 3.14. The molecule has 1 aromatic heterocycles. The van der Waals surface area contributed by atoms with Crippen LogP contribution in [-0.2, 0) is 23.1 Å². The maximum atomic E-state index is 14.4. The molecule has 0 amide bonds. The lowest BCUT2D eigenvalue weighted by Crippen LogP contribution is -2.36. The number of benzene rings is 2. The van der Waals surface area contributed by atoms with E-state index in [4.69, 9.17) is 20.6 Å². The van der Waals surface area contributed by atoms with Crippen molar-refractivity contribution in [1.82, 2.24) is 14.7 Å². The van der Waals surface area contributed by atoms with Crippen LogP contribution in [0.1, 0.15) is 5.56 Å². The SMILES string of the molecule is C#CCOCC(O)CN(CCOC)Cc1c(-c2ccccc2)nn(C)c1Oc1ccccc1F. The van der Waals surface area contributed by atoms with Crippen molar-refractivity contribution >= 4 is 0 Å². The molecule has 3 aromatic rings. The van der Waals surface area contributed by atoms with Crippen LogP contribution in [0.2, 0.25) is 0 Å². The van der Waals surface area contributed by atoms with Crippen molar-refractivity contribution in [2.75, 3.05) is 40.0 Å². The summed E-state index contributed by atoms with van der Waals surface area (Å²) in [6, 6.07) is 16.0. The molecule has 0 aliphatic heterocycles. The number of aryl methyl sites for hydroxylation is 1. The van der Waals surface area contributed by atoms with E-state index >= 15 is 0 Å². The van der Waals surface area contributed by atoms with Crippen LogP contribution in [0, 0.1) is 18.2 Å². The molecule has 8 heteroatoms. The van der Waals surface area contributed by atoms with Crippen LogP contribution < -0.4 is 4.74 Å². The van der Waals surface area contributed by atoms with Crippen LogP contribution in [0.25, 0.3) is 11.3 Å². The molecule has 0 aliphatic rings. The minimum absolute atomic E-state index is 0.109. The van der Waals surface area contributed by atoms with Crippen molar-refractivity contribution in [2.45, 2.75) is 12.6 Å². The Hall–Kier alpha value is -3.22. The second-order valence-corrected chi connectivity index (χ2v) is 7.76. The molecule has 7 nitrogen and oxygen atoms in total. The highest BCUT2D eigenvalue weighted by molar-refractivity contribution is 5.65. The number of aromatic nitrogens is 2. The molecule has 0 saturated heterocycles. The Kier molecular flexibility index (Phi) is 9.62. The summed E-state index contributed by atoms with van der Waals surface area (Å²) >= 11 is 0. The zero-order valence-electron chi connectivity index (χ0n) is 19.5. The first-order valence-electron chi connectivity index (χ1n) is 11.0. The molecule has 180 valence electrons. The lowest BCUT2D eigenvalue weighted by atomic mass is 10.1. The van der Waals surface area contributed by atoms with Gasteiger partial charge in [-0.15, -0.1) is 6.42 Å². The third-order valence-corrected chi connectivity index (χ3v) is 5.14. The predicted molar refractivity (Wildman–Crippen MR) is 128 cm³/mol. The van der Waals surface area contributed by atoms with Crippen molar-refractivity contribution in [2.24, 2.45) is 7.05 Å². The molecule has 1 heterocycles. The number of para-hydroxylation sites is 1. The van der Waals surface area contributed by atoms with Gasteiger partial charge < -0.3 is 19.3 Å². The highest BCUT2D eigenvalue weighted by Gasteiger charge is 2.24. The lowest BCUT2D eigenvalue weighted by Gasteiger charge is -2.25. The van der Waals surface area contributed by atoms with Crippen LogP contribution in [0.4, 0.5) is 4.39 Å². The molecule has 0 bridgehead atoms. The molecular weight excluding hydrogens is 437 g/mol. The van der Waals surface area contributed by atoms with Gasteiger partial charge in [-0.25, -0.2) is 9.07 Å². The molecule has 1 atom stereocenters. The van der Waals surface area contributed by atoms with Crippen molar-refractivity contribution in [1.29, 1.82) is 0 Å². The maximum Gasteiger partial charge on any atom is 0.222 e. The molecule has 34 heavy (non-hydrogen) atoms. The lowest BCUT2D eigenvalue weighted by molar-refractivity contribution is 0.0206. The minimum atomic E-state index is -0.752. The quantitative estimate of drug-likeness (QED) is 0.307. The van der Waals surface area contributed by atoms with Gasteiger partial charge in [0.25, 0.3) is 0 Å². The largest absolute Gasteiger partial charge is 0.436 e. The Morgan fingerprint density at radius 1 is 1.18 bits per heavy atom. The summed E-state index contributed by atoms with van der Waals surface area (Å²) in [4.78, 5) is 2.02. The zero-order chi connectivity index (χ0) is 24.3. The summed E-state index contributed by atoms with van der Waals surface area (Å²) < 4.78 is 32.6. The summed E-state index contributed by atoms with van der Waals surface area (Å²) in [5, 5.41) is 15.2. The monoisotopic (exact) mass is 467 g/mol. The van der Waals surface area contributed by atoms with E-state index in [1.165, 1.54) is 6.07 Å². The predicted octanol–water partition coefficient (Wildman–Crippen LogP) is 3.48. The normalized spacial score (nSPS) is 12.0. The van der Waals surface area contributed by atoms with Gasteiger partial charge in [0.05, 0.1) is 24.9 Å². The van der Waals surface area contributed by atoms with Crippen molar-refractivity contribution in [3.05, 3.63) is 66.0 Å². The van der Waals surface area contributed by atoms with Crippen LogP contribution in [-0.4, -0.2) is 65.9 Å². The van der Waals surface area contributed by atoms with Crippen LogP contribution >= 0.6 is 0 Å². The smallest absolute Gasteiger partial charge is 0.222 e. The van der Waals surface area contributed by atoms with E-state index < -0.39 is 11.9 Å². The number of aliphatic hydroxyl groups excluding tert-OH is 1. The van der Waals surface area contributed by atoms with Gasteiger partial charge in [0.1, 0.15) is 12.3 Å². The number of hydrogen-bond donors (Lipinski definition) is 1. The topological polar surface area (TPSA) is 69.0 Å². The number of nitrogens with zero attached hydrogens (tertiary/aromatic N) is 3. The first-order valence-corrected chi connectivity index (χ1v) is 11.0. The number of methoxy groups -OCH3 is 1. The summed E-state index contributed by atoms with van der Waals surface area (Å²) in [7, 11) is 3.38. The number of aliphatic hydroxyl groups is 1. The van der Waals surface area contributed by atoms with Gasteiger partial charge in [-0.05, 0) is 12.1 Å². The van der Waals surface area contributed by atoms with E-state index in [1.807, 2.05) is 35.2 Å². The van der Waals surface area contributed by atoms with Crippen molar-refractivity contribution < 1.29 is 23.7 Å². The van der Waals surface area contributed by atoms with Gasteiger partial charge in [0.2, 0.25) is 5.88 Å². The van der Waals surface area contributed by atoms with Crippen LogP contribution in [0.3, 0.4) is 0 Å². The van der Waals surface area contributed by atoms with Gasteiger partial charge in [-0.3, -0.25) is 4.90 Å². The van der Waals surface area contributed by atoms with Gasteiger partial charge in [0.15, 0.2) is 11.6 Å². The molecule has 0 saturated carbocycles. The highest BCUT2D eigenvalue weighted by Crippen LogP contribution is 2.34. The van der Waals surface area contributed by atoms with Crippen LogP contribution in [0.5, 0.6) is 11.6 Å². The second-order valence-electron chi connectivity index (χ2n) is 7.76. The summed E-state index contributed by atoms with van der Waals surface area (Å²) in [5.74, 6) is 2.45. The fourth-order valence-corrected chi connectivity index (χ4v) is 3.57. The number of hydrogen-bond acceptors (Lipinski definition) is 6. The van der Waals surface area contributed by atoms with Crippen LogP contribution in [0.15, 0.2) is 54.6 Å². The molecule has 0 fully saturated rings. The molecular formula is C26H30FN3O4. The summed E-state index contributed by atoms with van der Waals surface area (Å²) in [5.41, 5.74) is 2.39. The molecule has 1 N–H and O–H groups in total. The Bertz CT molecular complexity index is 1080. The number of ether oxygens (including phenoxy) is 3. The van der Waals surface area contributed by atoms with Gasteiger partial charge in [-0.2, -0.15) is 5.10 Å². The molecule has 2 aromatic carbocycles. The first-order chi connectivity index (χ1) is 16.5. The first kappa shape index (κ1) is 25.4. The van der Waals surface area contributed by atoms with E-state index in [-0.39, 0.29) is 19.0 Å². The Morgan fingerprint density at radius 2 is 1.91 bits per heavy atom. The summed E-state index contributed by atoms with van der Waals surface area (Å²) in [6.07, 6.45) is 4.46. The Labute approximate surface area is 199 Å². The standard InChI is InChI=1S/C26H30FN3O4/c1-4-15-33-19-21(31)17-30(14-16-32-3)18-22-25(20-10-6-5-7-11-20)28-29(2)26(22)34-24-13-9-8-12-23(24)27/h1,5-13,21,31H,14-19H2,2-3H3. The van der Waals surface area contributed by atoms with Crippen molar-refractivity contribution in [3.8, 4) is 35.2 Å². The maximum absolute atomic E-state index is 14.4. The average molecular weight is 468 g/mol. The van der Waals surface area contributed by atoms with Gasteiger partial charge in [-0.1, -0.05) is 48.4 Å². The third-order valence-electron chi connectivity index (χ3n) is 5.14. The molecule has 0 aliphatic carbocycles. The third kappa shape index (κ3) is 6.89. The van der Waals surface area contributed by atoms with E-state index in [0.29, 0.717) is 32.1 Å². The highest BCUT2D eigenvalue weighted by atomic mass is 19.1. The Balaban J connectivity index is 1.95. The number of terminal acetylenes is 1. The van der Waals surface area contributed by atoms with E-state index in [9.17, 15) is 9.50 Å². The fourth-order valence-electron chi connectivity index (χ4n) is 3.57. The fraction of sp³-hybridized carbons (Fsp3) is 0.346. The van der Waals surface area contributed by atoms with E-state index in [0.717, 1.165) is 16.8 Å². The second kappa shape index (κ2) is 12.9. The molecule has 3 rings (SSSR count). The summed E-state index contributed by atoms with van der Waals surface area (Å²) in [6.45, 7) is 1.96. The minimum Gasteiger partial charge on any atom is -0.436 e. The zero-order valence-corrected chi connectivity index (χ0v) is 19.5. The molecule has 1 unspecified atom stereocenters. The van der Waals surface area contributed by atoms with Gasteiger partial charge in [0, 0.05) is 39.4 Å². The molecule has 0 spiro atoms. The van der Waals surface area contributed by atoms with Gasteiger partial charge >= 0.3 is 0 Å².